The fourth-order valence-corrected chi connectivity index (χ4v) is 3.75. The first-order valence-corrected chi connectivity index (χ1v) is 9.11. The fraction of sp³-hybridized carbons (Fsp3) is 0.261. The number of anilines is 1. The molecule has 1 aliphatic carbocycles. The van der Waals surface area contributed by atoms with Crippen LogP contribution >= 0.6 is 0 Å². The van der Waals surface area contributed by atoms with Crippen LogP contribution in [0.4, 0.5) is 5.69 Å². The number of carbonyl (C=O) groups is 1. The Labute approximate surface area is 148 Å². The van der Waals surface area contributed by atoms with Crippen LogP contribution in [0.2, 0.25) is 0 Å². The van der Waals surface area contributed by atoms with Crippen molar-refractivity contribution < 1.29 is 4.79 Å². The Hall–Kier alpha value is -2.61. The number of hydrogen-bond donors (Lipinski definition) is 1. The molecule has 3 aromatic rings. The molecule has 1 aliphatic rings. The lowest BCUT2D eigenvalue weighted by molar-refractivity contribution is -0.115. The van der Waals surface area contributed by atoms with Gasteiger partial charge in [-0.2, -0.15) is 0 Å². The predicted octanol–water partition coefficient (Wildman–Crippen LogP) is 5.53. The van der Waals surface area contributed by atoms with E-state index < -0.39 is 0 Å². The van der Waals surface area contributed by atoms with Gasteiger partial charge in [-0.25, -0.2) is 0 Å². The van der Waals surface area contributed by atoms with E-state index in [2.05, 4.69) is 42.6 Å². The summed E-state index contributed by atoms with van der Waals surface area (Å²) in [6.07, 6.45) is 2.96. The van der Waals surface area contributed by atoms with Crippen LogP contribution in [0.3, 0.4) is 0 Å². The molecule has 1 fully saturated rings. The van der Waals surface area contributed by atoms with Gasteiger partial charge in [-0.3, -0.25) is 4.79 Å². The highest BCUT2D eigenvalue weighted by atomic mass is 16.1. The van der Waals surface area contributed by atoms with Gasteiger partial charge in [0.2, 0.25) is 5.91 Å². The quantitative estimate of drug-likeness (QED) is 0.654. The summed E-state index contributed by atoms with van der Waals surface area (Å²) in [5.74, 6) is 1.61. The van der Waals surface area contributed by atoms with Gasteiger partial charge in [0.1, 0.15) is 0 Å². The van der Waals surface area contributed by atoms with Crippen LogP contribution in [0.25, 0.3) is 10.8 Å². The third-order valence-electron chi connectivity index (χ3n) is 5.30. The summed E-state index contributed by atoms with van der Waals surface area (Å²) in [7, 11) is 0. The first kappa shape index (κ1) is 15.9. The zero-order chi connectivity index (χ0) is 17.2. The van der Waals surface area contributed by atoms with E-state index in [1.165, 1.54) is 23.8 Å². The molecule has 0 spiro atoms. The van der Waals surface area contributed by atoms with Gasteiger partial charge in [-0.15, -0.1) is 0 Å². The second-order valence-corrected chi connectivity index (χ2v) is 7.00. The van der Waals surface area contributed by atoms with Crippen LogP contribution in [0.15, 0.2) is 66.7 Å². The lowest BCUT2D eigenvalue weighted by Crippen LogP contribution is -2.14. The molecule has 0 aromatic heterocycles. The first-order valence-electron chi connectivity index (χ1n) is 9.11. The molecule has 3 aromatic carbocycles. The first-order chi connectivity index (χ1) is 12.2. The van der Waals surface area contributed by atoms with Gasteiger partial charge in [-0.05, 0) is 52.3 Å². The maximum Gasteiger partial charge on any atom is 0.228 e. The molecule has 0 saturated heterocycles. The predicted molar refractivity (Wildman–Crippen MR) is 104 cm³/mol. The largest absolute Gasteiger partial charge is 0.326 e. The van der Waals surface area contributed by atoms with Crippen molar-refractivity contribution in [2.75, 3.05) is 5.32 Å². The second kappa shape index (κ2) is 6.72. The second-order valence-electron chi connectivity index (χ2n) is 7.00. The number of nitrogens with one attached hydrogen (secondary N) is 1. The summed E-state index contributed by atoms with van der Waals surface area (Å²) in [4.78, 5) is 12.4. The molecular weight excluding hydrogens is 306 g/mol. The molecule has 0 aliphatic heterocycles. The lowest BCUT2D eigenvalue weighted by Gasteiger charge is -2.09. The minimum absolute atomic E-state index is 0.0296. The van der Waals surface area contributed by atoms with Crippen LogP contribution in [-0.4, -0.2) is 5.91 Å². The van der Waals surface area contributed by atoms with Crippen LogP contribution in [0, 0.1) is 5.92 Å². The Morgan fingerprint density at radius 2 is 1.76 bits per heavy atom. The summed E-state index contributed by atoms with van der Waals surface area (Å²) in [5.41, 5.74) is 3.34. The van der Waals surface area contributed by atoms with E-state index >= 15 is 0 Å². The third kappa shape index (κ3) is 3.43. The fourth-order valence-electron chi connectivity index (χ4n) is 3.75. The summed E-state index contributed by atoms with van der Waals surface area (Å²) >= 11 is 0. The molecule has 0 unspecified atom stereocenters. The third-order valence-corrected chi connectivity index (χ3v) is 5.30. The number of rotatable bonds is 5. The SMILES string of the molecule is CC[C@H]1C[C@H]1c1ccc(NC(=O)Cc2cccc3ccccc23)cc1. The molecular formula is C23H23NO. The van der Waals surface area contributed by atoms with Crippen molar-refractivity contribution in [3.8, 4) is 0 Å². The van der Waals surface area contributed by atoms with Gasteiger partial charge in [-0.1, -0.05) is 67.9 Å². The lowest BCUT2D eigenvalue weighted by atomic mass is 10.0. The van der Waals surface area contributed by atoms with E-state index in [4.69, 9.17) is 0 Å². The standard InChI is InChI=1S/C23H23NO/c1-2-16-14-22(16)18-10-12-20(13-11-18)24-23(25)15-19-8-5-7-17-6-3-4-9-21(17)19/h3-13,16,22H,2,14-15H2,1H3,(H,24,25)/t16-,22+/m0/s1. The summed E-state index contributed by atoms with van der Waals surface area (Å²) in [5, 5.41) is 5.35. The smallest absolute Gasteiger partial charge is 0.228 e. The van der Waals surface area contributed by atoms with E-state index in [0.29, 0.717) is 6.42 Å². The van der Waals surface area contributed by atoms with Crippen molar-refractivity contribution in [3.63, 3.8) is 0 Å². The van der Waals surface area contributed by atoms with Gasteiger partial charge < -0.3 is 5.32 Å². The highest BCUT2D eigenvalue weighted by Gasteiger charge is 2.36. The monoisotopic (exact) mass is 329 g/mol. The topological polar surface area (TPSA) is 29.1 Å². The molecule has 126 valence electrons. The van der Waals surface area contributed by atoms with Crippen molar-refractivity contribution >= 4 is 22.4 Å². The summed E-state index contributed by atoms with van der Waals surface area (Å²) in [6, 6.07) is 22.7. The van der Waals surface area contributed by atoms with Crippen molar-refractivity contribution in [1.29, 1.82) is 0 Å². The average molecular weight is 329 g/mol. The van der Waals surface area contributed by atoms with Crippen LogP contribution < -0.4 is 5.32 Å². The zero-order valence-corrected chi connectivity index (χ0v) is 14.5. The van der Waals surface area contributed by atoms with Crippen LogP contribution in [0.1, 0.15) is 36.8 Å². The average Bonchev–Trinajstić information content (AvgIpc) is 3.42. The molecule has 25 heavy (non-hydrogen) atoms. The van der Waals surface area contributed by atoms with Crippen molar-refractivity contribution in [1.82, 2.24) is 0 Å². The Balaban J connectivity index is 1.43. The number of hydrogen-bond acceptors (Lipinski definition) is 1. The maximum absolute atomic E-state index is 12.4. The molecule has 1 saturated carbocycles. The van der Waals surface area contributed by atoms with Gasteiger partial charge in [0, 0.05) is 5.69 Å². The van der Waals surface area contributed by atoms with E-state index in [-0.39, 0.29) is 5.91 Å². The van der Waals surface area contributed by atoms with Gasteiger partial charge in [0.05, 0.1) is 6.42 Å². The highest BCUT2D eigenvalue weighted by molar-refractivity contribution is 5.96. The molecule has 2 nitrogen and oxygen atoms in total. The number of amides is 1. The van der Waals surface area contributed by atoms with E-state index in [9.17, 15) is 4.79 Å². The maximum atomic E-state index is 12.4. The minimum atomic E-state index is 0.0296. The van der Waals surface area contributed by atoms with Gasteiger partial charge in [0.25, 0.3) is 0 Å². The van der Waals surface area contributed by atoms with Crippen molar-refractivity contribution in [3.05, 3.63) is 77.9 Å². The van der Waals surface area contributed by atoms with Gasteiger partial charge >= 0.3 is 0 Å². The zero-order valence-electron chi connectivity index (χ0n) is 14.5. The highest BCUT2D eigenvalue weighted by Crippen LogP contribution is 2.49. The Morgan fingerprint density at radius 1 is 1.00 bits per heavy atom. The Kier molecular flexibility index (Phi) is 4.27. The van der Waals surface area contributed by atoms with Crippen molar-refractivity contribution in [2.24, 2.45) is 5.92 Å². The molecule has 2 atom stereocenters. The summed E-state index contributed by atoms with van der Waals surface area (Å²) < 4.78 is 0. The molecule has 1 amide bonds. The van der Waals surface area contributed by atoms with Crippen molar-refractivity contribution in [2.45, 2.75) is 32.1 Å². The minimum Gasteiger partial charge on any atom is -0.326 e. The van der Waals surface area contributed by atoms with Gasteiger partial charge in [0.15, 0.2) is 0 Å². The van der Waals surface area contributed by atoms with E-state index in [0.717, 1.165) is 28.5 Å². The summed E-state index contributed by atoms with van der Waals surface area (Å²) in [6.45, 7) is 2.26. The molecule has 2 heteroatoms. The Bertz CT molecular complexity index is 892. The molecule has 0 bridgehead atoms. The molecule has 4 rings (SSSR count). The number of benzene rings is 3. The van der Waals surface area contributed by atoms with E-state index in [1.54, 1.807) is 0 Å². The number of carbonyl (C=O) groups excluding carboxylic acids is 1. The normalized spacial score (nSPS) is 18.9. The molecule has 1 N–H and O–H groups in total. The van der Waals surface area contributed by atoms with Crippen LogP contribution in [0.5, 0.6) is 0 Å². The Morgan fingerprint density at radius 3 is 2.52 bits per heavy atom. The molecule has 0 radical (unpaired) electrons. The van der Waals surface area contributed by atoms with E-state index in [1.807, 2.05) is 36.4 Å². The van der Waals surface area contributed by atoms with Crippen LogP contribution in [-0.2, 0) is 11.2 Å². The molecule has 0 heterocycles. The number of fused-ring (bicyclic) bond motifs is 1.